The Labute approximate surface area is 119 Å². The number of piperidine rings is 1. The lowest BCUT2D eigenvalue weighted by Gasteiger charge is -2.32. The van der Waals surface area contributed by atoms with Crippen molar-refractivity contribution in [2.45, 2.75) is 19.8 Å². The summed E-state index contributed by atoms with van der Waals surface area (Å²) in [6, 6.07) is 0. The highest BCUT2D eigenvalue weighted by Gasteiger charge is 2.28. The van der Waals surface area contributed by atoms with Crippen molar-refractivity contribution in [2.24, 2.45) is 13.0 Å². The second kappa shape index (κ2) is 5.78. The van der Waals surface area contributed by atoms with Gasteiger partial charge in [-0.05, 0) is 45.8 Å². The predicted molar refractivity (Wildman–Crippen MR) is 78.1 cm³/mol. The third-order valence-electron chi connectivity index (χ3n) is 4.08. The van der Waals surface area contributed by atoms with Crippen LogP contribution in [0.2, 0.25) is 0 Å². The minimum Gasteiger partial charge on any atom is -0.354 e. The number of likely N-dealkylation sites (tertiary alicyclic amines) is 1. The molecule has 2 rings (SSSR count). The van der Waals surface area contributed by atoms with Crippen LogP contribution in [0.15, 0.2) is 0 Å². The molecule has 1 aromatic rings. The Morgan fingerprint density at radius 3 is 2.55 bits per heavy atom. The van der Waals surface area contributed by atoms with E-state index < -0.39 is 0 Å². The molecule has 0 bridgehead atoms. The third kappa shape index (κ3) is 2.92. The van der Waals surface area contributed by atoms with Gasteiger partial charge in [0.1, 0.15) is 5.69 Å². The molecule has 0 N–H and O–H groups in total. The lowest BCUT2D eigenvalue weighted by molar-refractivity contribution is -0.384. The van der Waals surface area contributed by atoms with Crippen LogP contribution in [-0.2, 0) is 7.05 Å². The summed E-state index contributed by atoms with van der Waals surface area (Å²) >= 11 is 0. The zero-order chi connectivity index (χ0) is 14.9. The molecule has 112 valence electrons. The summed E-state index contributed by atoms with van der Waals surface area (Å²) < 4.78 is 1.61. The number of aromatic nitrogens is 2. The fraction of sp³-hybridized carbons (Fsp3) is 0.769. The number of rotatable bonds is 4. The predicted octanol–water partition coefficient (Wildman–Crippen LogP) is 1.41. The zero-order valence-electron chi connectivity index (χ0n) is 12.7. The average molecular weight is 281 g/mol. The molecule has 0 saturated carbocycles. The van der Waals surface area contributed by atoms with Crippen LogP contribution in [0.3, 0.4) is 0 Å². The Balaban J connectivity index is 2.13. The van der Waals surface area contributed by atoms with Crippen molar-refractivity contribution in [1.82, 2.24) is 14.7 Å². The molecule has 0 spiro atoms. The van der Waals surface area contributed by atoms with E-state index in [2.05, 4.69) is 17.0 Å². The van der Waals surface area contributed by atoms with Gasteiger partial charge in [-0.1, -0.05) is 0 Å². The fourth-order valence-electron chi connectivity index (χ4n) is 2.99. The minimum absolute atomic E-state index is 0.128. The van der Waals surface area contributed by atoms with E-state index in [0.717, 1.165) is 32.5 Å². The van der Waals surface area contributed by atoms with Gasteiger partial charge >= 0.3 is 5.69 Å². The Kier molecular flexibility index (Phi) is 4.27. The summed E-state index contributed by atoms with van der Waals surface area (Å²) in [5, 5.41) is 15.4. The van der Waals surface area contributed by atoms with E-state index in [1.807, 2.05) is 11.9 Å². The molecule has 1 aromatic heterocycles. The van der Waals surface area contributed by atoms with Crippen molar-refractivity contribution < 1.29 is 4.92 Å². The summed E-state index contributed by atoms with van der Waals surface area (Å²) in [5.41, 5.74) is 0.602. The van der Waals surface area contributed by atoms with Crippen LogP contribution >= 0.6 is 0 Å². The first-order valence-corrected chi connectivity index (χ1v) is 6.97. The SMILES string of the molecule is Cc1nn(C)c(N(C)CC2CCN(C)CC2)c1[N+](=O)[O-]. The standard InChI is InChI=1S/C13H23N5O2/c1-10-12(18(19)20)13(17(4)14-10)16(3)9-11-5-7-15(2)8-6-11/h11H,5-9H2,1-4H3. The van der Waals surface area contributed by atoms with Crippen molar-refractivity contribution in [3.05, 3.63) is 15.8 Å². The first kappa shape index (κ1) is 14.8. The second-order valence-corrected chi connectivity index (χ2v) is 5.77. The van der Waals surface area contributed by atoms with Crippen molar-refractivity contribution in [3.8, 4) is 0 Å². The highest BCUT2D eigenvalue weighted by Crippen LogP contribution is 2.31. The van der Waals surface area contributed by atoms with E-state index in [0.29, 0.717) is 17.4 Å². The van der Waals surface area contributed by atoms with Gasteiger partial charge < -0.3 is 9.80 Å². The van der Waals surface area contributed by atoms with Gasteiger partial charge in [-0.3, -0.25) is 10.1 Å². The molecule has 20 heavy (non-hydrogen) atoms. The second-order valence-electron chi connectivity index (χ2n) is 5.77. The molecule has 0 atom stereocenters. The van der Waals surface area contributed by atoms with Crippen molar-refractivity contribution in [3.63, 3.8) is 0 Å². The van der Waals surface area contributed by atoms with Crippen molar-refractivity contribution >= 4 is 11.5 Å². The Morgan fingerprint density at radius 1 is 1.40 bits per heavy atom. The average Bonchev–Trinajstić information content (AvgIpc) is 2.67. The molecule has 7 heteroatoms. The number of nitrogens with zero attached hydrogens (tertiary/aromatic N) is 5. The van der Waals surface area contributed by atoms with Gasteiger partial charge in [0.05, 0.1) is 4.92 Å². The molecule has 0 aromatic carbocycles. The molecule has 0 radical (unpaired) electrons. The summed E-state index contributed by atoms with van der Waals surface area (Å²) in [5.74, 6) is 1.19. The number of nitro groups is 1. The van der Waals surface area contributed by atoms with Gasteiger partial charge in [-0.25, -0.2) is 4.68 Å². The molecule has 2 heterocycles. The van der Waals surface area contributed by atoms with Crippen LogP contribution in [0.1, 0.15) is 18.5 Å². The number of anilines is 1. The van der Waals surface area contributed by atoms with Crippen LogP contribution in [-0.4, -0.2) is 53.3 Å². The van der Waals surface area contributed by atoms with Crippen LogP contribution in [0.5, 0.6) is 0 Å². The van der Waals surface area contributed by atoms with Crippen LogP contribution in [0, 0.1) is 23.0 Å². The maximum absolute atomic E-state index is 11.2. The zero-order valence-corrected chi connectivity index (χ0v) is 12.7. The van der Waals surface area contributed by atoms with E-state index >= 15 is 0 Å². The summed E-state index contributed by atoms with van der Waals surface area (Å²) in [6.07, 6.45) is 2.29. The Morgan fingerprint density at radius 2 is 2.00 bits per heavy atom. The topological polar surface area (TPSA) is 67.4 Å². The third-order valence-corrected chi connectivity index (χ3v) is 4.08. The molecule has 0 unspecified atom stereocenters. The highest BCUT2D eigenvalue weighted by molar-refractivity contribution is 5.60. The monoisotopic (exact) mass is 281 g/mol. The van der Waals surface area contributed by atoms with Gasteiger partial charge in [0, 0.05) is 20.6 Å². The maximum Gasteiger partial charge on any atom is 0.333 e. The largest absolute Gasteiger partial charge is 0.354 e. The van der Waals surface area contributed by atoms with E-state index in [1.165, 1.54) is 0 Å². The molecule has 0 amide bonds. The molecule has 1 aliphatic rings. The lowest BCUT2D eigenvalue weighted by atomic mass is 9.97. The van der Waals surface area contributed by atoms with E-state index in [9.17, 15) is 10.1 Å². The molecule has 1 fully saturated rings. The van der Waals surface area contributed by atoms with Crippen LogP contribution in [0.25, 0.3) is 0 Å². The smallest absolute Gasteiger partial charge is 0.333 e. The summed E-state index contributed by atoms with van der Waals surface area (Å²) in [7, 11) is 5.82. The molecule has 0 aliphatic carbocycles. The minimum atomic E-state index is -0.331. The number of hydrogen-bond acceptors (Lipinski definition) is 5. The normalized spacial score (nSPS) is 17.4. The van der Waals surface area contributed by atoms with Crippen LogP contribution < -0.4 is 4.90 Å². The van der Waals surface area contributed by atoms with Gasteiger partial charge in [0.15, 0.2) is 0 Å². The quantitative estimate of drug-likeness (QED) is 0.616. The summed E-state index contributed by atoms with van der Waals surface area (Å²) in [6.45, 7) is 4.73. The first-order valence-electron chi connectivity index (χ1n) is 6.97. The number of aryl methyl sites for hydroxylation is 2. The Hall–Kier alpha value is -1.63. The molecule has 1 aliphatic heterocycles. The van der Waals surface area contributed by atoms with Gasteiger partial charge in [0.2, 0.25) is 5.82 Å². The summed E-state index contributed by atoms with van der Waals surface area (Å²) in [4.78, 5) is 15.2. The van der Waals surface area contributed by atoms with E-state index in [-0.39, 0.29) is 10.6 Å². The molecule has 1 saturated heterocycles. The molecular formula is C13H23N5O2. The van der Waals surface area contributed by atoms with E-state index in [4.69, 9.17) is 0 Å². The van der Waals surface area contributed by atoms with Gasteiger partial charge in [-0.2, -0.15) is 5.10 Å². The maximum atomic E-state index is 11.2. The van der Waals surface area contributed by atoms with Crippen molar-refractivity contribution in [2.75, 3.05) is 38.6 Å². The fourth-order valence-corrected chi connectivity index (χ4v) is 2.99. The van der Waals surface area contributed by atoms with Crippen molar-refractivity contribution in [1.29, 1.82) is 0 Å². The lowest BCUT2D eigenvalue weighted by Crippen LogP contribution is -2.36. The molecular weight excluding hydrogens is 258 g/mol. The Bertz CT molecular complexity index is 491. The highest BCUT2D eigenvalue weighted by atomic mass is 16.6. The molecule has 7 nitrogen and oxygen atoms in total. The van der Waals surface area contributed by atoms with Gasteiger partial charge in [0.25, 0.3) is 0 Å². The first-order chi connectivity index (χ1) is 9.40. The van der Waals surface area contributed by atoms with Gasteiger partial charge in [-0.15, -0.1) is 0 Å². The van der Waals surface area contributed by atoms with Crippen LogP contribution in [0.4, 0.5) is 11.5 Å². The van der Waals surface area contributed by atoms with E-state index in [1.54, 1.807) is 18.7 Å². The number of hydrogen-bond donors (Lipinski definition) is 0.